The molecule has 1 aromatic carbocycles. The van der Waals surface area contributed by atoms with Crippen molar-refractivity contribution >= 4 is 0 Å². The Hall–Kier alpha value is -1.02. The monoisotopic (exact) mass is 207 g/mol. The van der Waals surface area contributed by atoms with Gasteiger partial charge in [0.25, 0.3) is 0 Å². The highest BCUT2D eigenvalue weighted by molar-refractivity contribution is 5.37. The summed E-state index contributed by atoms with van der Waals surface area (Å²) in [4.78, 5) is 2.06. The van der Waals surface area contributed by atoms with Gasteiger partial charge in [-0.3, -0.25) is 0 Å². The van der Waals surface area contributed by atoms with Gasteiger partial charge in [0.1, 0.15) is 5.75 Å². The maximum atomic E-state index is 9.71. The first kappa shape index (κ1) is 12.1. The van der Waals surface area contributed by atoms with Gasteiger partial charge in [-0.1, -0.05) is 26.0 Å². The third-order valence-corrected chi connectivity index (χ3v) is 2.77. The number of hydrogen-bond acceptors (Lipinski definition) is 2. The second-order valence-corrected chi connectivity index (χ2v) is 4.44. The van der Waals surface area contributed by atoms with Gasteiger partial charge in [0, 0.05) is 12.1 Å². The maximum absolute atomic E-state index is 9.71. The number of phenols is 1. The van der Waals surface area contributed by atoms with Crippen LogP contribution in [0.15, 0.2) is 18.2 Å². The molecule has 1 atom stereocenters. The molecule has 0 bridgehead atoms. The summed E-state index contributed by atoms with van der Waals surface area (Å²) in [5.41, 5.74) is 2.32. The van der Waals surface area contributed by atoms with Gasteiger partial charge in [0.2, 0.25) is 0 Å². The van der Waals surface area contributed by atoms with Gasteiger partial charge in [-0.25, -0.2) is 0 Å². The molecule has 0 fully saturated rings. The van der Waals surface area contributed by atoms with Crippen LogP contribution in [-0.4, -0.2) is 24.1 Å². The van der Waals surface area contributed by atoms with Crippen molar-refractivity contribution in [3.8, 4) is 5.75 Å². The molecule has 0 amide bonds. The lowest BCUT2D eigenvalue weighted by Gasteiger charge is -2.15. The van der Waals surface area contributed by atoms with E-state index in [1.54, 1.807) is 6.07 Å². The molecule has 0 unspecified atom stereocenters. The number of benzene rings is 1. The van der Waals surface area contributed by atoms with Gasteiger partial charge < -0.3 is 10.0 Å². The van der Waals surface area contributed by atoms with E-state index in [9.17, 15) is 5.11 Å². The van der Waals surface area contributed by atoms with Crippen LogP contribution in [0, 0.1) is 0 Å². The Morgan fingerprint density at radius 1 is 1.33 bits per heavy atom. The molecule has 2 heteroatoms. The molecule has 2 nitrogen and oxygen atoms in total. The first-order valence-electron chi connectivity index (χ1n) is 5.51. The molecule has 0 saturated heterocycles. The summed E-state index contributed by atoms with van der Waals surface area (Å²) >= 11 is 0. The van der Waals surface area contributed by atoms with Gasteiger partial charge in [-0.05, 0) is 38.1 Å². The molecular formula is C13H21NO. The molecule has 0 radical (unpaired) electrons. The van der Waals surface area contributed by atoms with E-state index >= 15 is 0 Å². The minimum atomic E-state index is 0.399. The summed E-state index contributed by atoms with van der Waals surface area (Å²) in [6.45, 7) is 5.19. The summed E-state index contributed by atoms with van der Waals surface area (Å²) in [5, 5.41) is 9.71. The highest BCUT2D eigenvalue weighted by atomic mass is 16.3. The van der Waals surface area contributed by atoms with Gasteiger partial charge in [-0.2, -0.15) is 0 Å². The Labute approximate surface area is 92.5 Å². The fourth-order valence-electron chi connectivity index (χ4n) is 1.61. The average molecular weight is 207 g/mol. The quantitative estimate of drug-likeness (QED) is 0.820. The number of phenolic OH excluding ortho intramolecular Hbond substituents is 1. The standard InChI is InChI=1S/C13H21NO/c1-5-10(2)11-6-7-13(15)12(8-11)9-14(3)4/h6-8,10,15H,5,9H2,1-4H3/t10-/m1/s1. The molecule has 84 valence electrons. The Kier molecular flexibility index (Phi) is 4.15. The third-order valence-electron chi connectivity index (χ3n) is 2.77. The molecule has 0 aliphatic rings. The molecule has 0 aromatic heterocycles. The van der Waals surface area contributed by atoms with Crippen LogP contribution in [0.25, 0.3) is 0 Å². The Morgan fingerprint density at radius 3 is 2.53 bits per heavy atom. The van der Waals surface area contributed by atoms with Crippen molar-refractivity contribution in [2.45, 2.75) is 32.7 Å². The average Bonchev–Trinajstić information content (AvgIpc) is 2.19. The van der Waals surface area contributed by atoms with Gasteiger partial charge in [0.05, 0.1) is 0 Å². The normalized spacial score (nSPS) is 13.1. The minimum absolute atomic E-state index is 0.399. The molecule has 0 spiro atoms. The zero-order chi connectivity index (χ0) is 11.4. The number of nitrogens with zero attached hydrogens (tertiary/aromatic N) is 1. The third kappa shape index (κ3) is 3.24. The van der Waals surface area contributed by atoms with E-state index in [1.165, 1.54) is 5.56 Å². The fourth-order valence-corrected chi connectivity index (χ4v) is 1.61. The lowest BCUT2D eigenvalue weighted by atomic mass is 9.96. The predicted molar refractivity (Wildman–Crippen MR) is 64.2 cm³/mol. The van der Waals surface area contributed by atoms with Crippen molar-refractivity contribution in [1.29, 1.82) is 0 Å². The van der Waals surface area contributed by atoms with E-state index in [1.807, 2.05) is 20.2 Å². The largest absolute Gasteiger partial charge is 0.508 e. The lowest BCUT2D eigenvalue weighted by molar-refractivity contribution is 0.385. The van der Waals surface area contributed by atoms with Crippen molar-refractivity contribution in [3.05, 3.63) is 29.3 Å². The Morgan fingerprint density at radius 2 is 2.00 bits per heavy atom. The van der Waals surface area contributed by atoms with Crippen LogP contribution in [0.1, 0.15) is 37.3 Å². The number of rotatable bonds is 4. The Balaban J connectivity index is 2.94. The van der Waals surface area contributed by atoms with Crippen molar-refractivity contribution < 1.29 is 5.11 Å². The highest BCUT2D eigenvalue weighted by Crippen LogP contribution is 2.25. The summed E-state index contributed by atoms with van der Waals surface area (Å²) in [5.74, 6) is 0.960. The SMILES string of the molecule is CC[C@@H](C)c1ccc(O)c(CN(C)C)c1. The predicted octanol–water partition coefficient (Wildman–Crippen LogP) is 2.97. The van der Waals surface area contributed by atoms with Crippen molar-refractivity contribution in [1.82, 2.24) is 4.90 Å². The summed E-state index contributed by atoms with van der Waals surface area (Å²) in [7, 11) is 4.02. The van der Waals surface area contributed by atoms with Gasteiger partial charge in [0.15, 0.2) is 0 Å². The Bertz CT molecular complexity index is 320. The zero-order valence-electron chi connectivity index (χ0n) is 10.1. The van der Waals surface area contributed by atoms with E-state index in [4.69, 9.17) is 0 Å². The molecule has 0 saturated carbocycles. The smallest absolute Gasteiger partial charge is 0.120 e. The summed E-state index contributed by atoms with van der Waals surface area (Å²) in [6.07, 6.45) is 1.13. The molecule has 15 heavy (non-hydrogen) atoms. The summed E-state index contributed by atoms with van der Waals surface area (Å²) < 4.78 is 0. The number of aromatic hydroxyl groups is 1. The highest BCUT2D eigenvalue weighted by Gasteiger charge is 2.07. The van der Waals surface area contributed by atoms with Gasteiger partial charge >= 0.3 is 0 Å². The first-order chi connectivity index (χ1) is 7.04. The van der Waals surface area contributed by atoms with E-state index in [0.717, 1.165) is 18.5 Å². The minimum Gasteiger partial charge on any atom is -0.508 e. The zero-order valence-corrected chi connectivity index (χ0v) is 10.1. The van der Waals surface area contributed by atoms with Crippen LogP contribution >= 0.6 is 0 Å². The summed E-state index contributed by atoms with van der Waals surface area (Å²) in [6, 6.07) is 5.94. The van der Waals surface area contributed by atoms with Gasteiger partial charge in [-0.15, -0.1) is 0 Å². The van der Waals surface area contributed by atoms with Crippen molar-refractivity contribution in [3.63, 3.8) is 0 Å². The van der Waals surface area contributed by atoms with E-state index in [0.29, 0.717) is 11.7 Å². The van der Waals surface area contributed by atoms with Crippen molar-refractivity contribution in [2.24, 2.45) is 0 Å². The van der Waals surface area contributed by atoms with Crippen LogP contribution in [0.5, 0.6) is 5.75 Å². The molecule has 1 rings (SSSR count). The molecule has 0 aliphatic heterocycles. The molecular weight excluding hydrogens is 186 g/mol. The maximum Gasteiger partial charge on any atom is 0.120 e. The molecule has 1 aromatic rings. The van der Waals surface area contributed by atoms with Crippen LogP contribution in [0.2, 0.25) is 0 Å². The van der Waals surface area contributed by atoms with Crippen molar-refractivity contribution in [2.75, 3.05) is 14.1 Å². The van der Waals surface area contributed by atoms with Crippen LogP contribution in [0.3, 0.4) is 0 Å². The number of hydrogen-bond donors (Lipinski definition) is 1. The van der Waals surface area contributed by atoms with E-state index in [2.05, 4.69) is 24.8 Å². The van der Waals surface area contributed by atoms with E-state index < -0.39 is 0 Å². The van der Waals surface area contributed by atoms with E-state index in [-0.39, 0.29) is 0 Å². The van der Waals surface area contributed by atoms with Crippen LogP contribution in [-0.2, 0) is 6.54 Å². The fraction of sp³-hybridized carbons (Fsp3) is 0.538. The second kappa shape index (κ2) is 5.17. The van der Waals surface area contributed by atoms with Crippen LogP contribution in [0.4, 0.5) is 0 Å². The topological polar surface area (TPSA) is 23.5 Å². The lowest BCUT2D eigenvalue weighted by Crippen LogP contribution is -2.11. The first-order valence-corrected chi connectivity index (χ1v) is 5.51. The molecule has 1 N–H and O–H groups in total. The van der Waals surface area contributed by atoms with Crippen LogP contribution < -0.4 is 0 Å². The molecule has 0 heterocycles. The molecule has 0 aliphatic carbocycles. The second-order valence-electron chi connectivity index (χ2n) is 4.44.